The second-order valence-corrected chi connectivity index (χ2v) is 4.57. The molecule has 0 aliphatic rings. The van der Waals surface area contributed by atoms with E-state index in [1.165, 1.54) is 11.1 Å². The third kappa shape index (κ3) is 2.87. The Labute approximate surface area is 102 Å². The van der Waals surface area contributed by atoms with E-state index in [-0.39, 0.29) is 0 Å². The predicted octanol–water partition coefficient (Wildman–Crippen LogP) is 3.38. The second-order valence-electron chi connectivity index (χ2n) is 4.57. The van der Waals surface area contributed by atoms with Crippen molar-refractivity contribution in [1.29, 1.82) is 0 Å². The summed E-state index contributed by atoms with van der Waals surface area (Å²) in [6.07, 6.45) is 2.08. The van der Waals surface area contributed by atoms with Crippen molar-refractivity contribution in [3.63, 3.8) is 0 Å². The maximum absolute atomic E-state index is 4.53. The lowest BCUT2D eigenvalue weighted by Gasteiger charge is -2.05. The molecular weight excluding hydrogens is 210 g/mol. The van der Waals surface area contributed by atoms with E-state index in [4.69, 9.17) is 0 Å². The zero-order valence-electron chi connectivity index (χ0n) is 10.6. The fourth-order valence-electron chi connectivity index (χ4n) is 1.70. The molecule has 0 unspecified atom stereocenters. The van der Waals surface area contributed by atoms with Crippen LogP contribution in [-0.2, 0) is 6.54 Å². The highest BCUT2D eigenvalue weighted by atomic mass is 15.3. The molecule has 0 bridgehead atoms. The van der Waals surface area contributed by atoms with Gasteiger partial charge < -0.3 is 5.32 Å². The van der Waals surface area contributed by atoms with Crippen LogP contribution in [0.3, 0.4) is 0 Å². The highest BCUT2D eigenvalue weighted by Gasteiger charge is 2.06. The van der Waals surface area contributed by atoms with Crippen molar-refractivity contribution in [2.45, 2.75) is 33.4 Å². The van der Waals surface area contributed by atoms with Gasteiger partial charge in [0.1, 0.15) is 0 Å². The second kappa shape index (κ2) is 5.04. The van der Waals surface area contributed by atoms with Gasteiger partial charge in [-0.15, -0.1) is 0 Å². The monoisotopic (exact) mass is 229 g/mol. The molecule has 1 aromatic heterocycles. The Morgan fingerprint density at radius 3 is 2.53 bits per heavy atom. The fourth-order valence-corrected chi connectivity index (χ4v) is 1.70. The summed E-state index contributed by atoms with van der Waals surface area (Å²) in [5.74, 6) is 0.975. The Kier molecular flexibility index (Phi) is 3.47. The number of aryl methyl sites for hydroxylation is 1. The van der Waals surface area contributed by atoms with Crippen LogP contribution in [0.1, 0.15) is 31.0 Å². The van der Waals surface area contributed by atoms with Crippen molar-refractivity contribution >= 4 is 5.82 Å². The average molecular weight is 229 g/mol. The van der Waals surface area contributed by atoms with Crippen LogP contribution >= 0.6 is 0 Å². The zero-order chi connectivity index (χ0) is 12.3. The van der Waals surface area contributed by atoms with E-state index >= 15 is 0 Å². The van der Waals surface area contributed by atoms with E-state index < -0.39 is 0 Å². The first kappa shape index (κ1) is 11.7. The number of benzene rings is 1. The van der Waals surface area contributed by atoms with E-state index in [9.17, 15) is 0 Å². The summed E-state index contributed by atoms with van der Waals surface area (Å²) in [6.45, 7) is 7.16. The molecule has 1 aromatic carbocycles. The fraction of sp³-hybridized carbons (Fsp3) is 0.357. The van der Waals surface area contributed by atoms with Crippen LogP contribution < -0.4 is 5.32 Å². The Morgan fingerprint density at radius 1 is 1.24 bits per heavy atom. The van der Waals surface area contributed by atoms with Crippen LogP contribution in [0, 0.1) is 6.92 Å². The van der Waals surface area contributed by atoms with E-state index in [2.05, 4.69) is 61.6 Å². The lowest BCUT2D eigenvalue weighted by atomic mass is 10.2. The van der Waals surface area contributed by atoms with Gasteiger partial charge in [-0.2, -0.15) is 5.10 Å². The number of nitrogens with zero attached hydrogens (tertiary/aromatic N) is 2. The van der Waals surface area contributed by atoms with Crippen LogP contribution in [0.15, 0.2) is 36.5 Å². The SMILES string of the molecule is Cc1cn(C(C)C)nc1NCc1ccccc1. The molecule has 0 fully saturated rings. The minimum absolute atomic E-state index is 0.404. The Hall–Kier alpha value is -1.77. The van der Waals surface area contributed by atoms with Crippen molar-refractivity contribution < 1.29 is 0 Å². The first-order valence-corrected chi connectivity index (χ1v) is 6.00. The topological polar surface area (TPSA) is 29.9 Å². The average Bonchev–Trinajstić information content (AvgIpc) is 2.70. The van der Waals surface area contributed by atoms with Gasteiger partial charge in [-0.25, -0.2) is 0 Å². The van der Waals surface area contributed by atoms with Gasteiger partial charge >= 0.3 is 0 Å². The Balaban J connectivity index is 2.04. The first-order chi connectivity index (χ1) is 8.16. The Morgan fingerprint density at radius 2 is 1.94 bits per heavy atom. The molecule has 1 N–H and O–H groups in total. The van der Waals surface area contributed by atoms with Gasteiger partial charge in [0.15, 0.2) is 5.82 Å². The maximum atomic E-state index is 4.53. The number of hydrogen-bond acceptors (Lipinski definition) is 2. The number of nitrogens with one attached hydrogen (secondary N) is 1. The molecule has 0 spiro atoms. The third-order valence-corrected chi connectivity index (χ3v) is 2.75. The normalized spacial score (nSPS) is 10.8. The lowest BCUT2D eigenvalue weighted by molar-refractivity contribution is 0.533. The van der Waals surface area contributed by atoms with Gasteiger partial charge in [0, 0.05) is 24.3 Å². The quantitative estimate of drug-likeness (QED) is 0.871. The van der Waals surface area contributed by atoms with Crippen LogP contribution in [0.25, 0.3) is 0 Å². The molecule has 0 radical (unpaired) electrons. The van der Waals surface area contributed by atoms with E-state index in [1.807, 2.05) is 10.7 Å². The predicted molar refractivity (Wildman–Crippen MR) is 71.1 cm³/mol. The van der Waals surface area contributed by atoms with Crippen molar-refractivity contribution in [3.05, 3.63) is 47.7 Å². The van der Waals surface area contributed by atoms with Crippen molar-refractivity contribution in [3.8, 4) is 0 Å². The van der Waals surface area contributed by atoms with Crippen LogP contribution in [0.5, 0.6) is 0 Å². The summed E-state index contributed by atoms with van der Waals surface area (Å²) in [5.41, 5.74) is 2.46. The first-order valence-electron chi connectivity index (χ1n) is 6.00. The summed E-state index contributed by atoms with van der Waals surface area (Å²) in [4.78, 5) is 0. The molecule has 0 atom stereocenters. The standard InChI is InChI=1S/C14H19N3/c1-11(2)17-10-12(3)14(16-17)15-9-13-7-5-4-6-8-13/h4-8,10-11H,9H2,1-3H3,(H,15,16). The summed E-state index contributed by atoms with van der Waals surface area (Å²) < 4.78 is 1.99. The summed E-state index contributed by atoms with van der Waals surface area (Å²) in [7, 11) is 0. The van der Waals surface area contributed by atoms with E-state index in [0.29, 0.717) is 6.04 Å². The highest BCUT2D eigenvalue weighted by molar-refractivity contribution is 5.42. The van der Waals surface area contributed by atoms with Gasteiger partial charge in [-0.1, -0.05) is 30.3 Å². The molecule has 1 heterocycles. The van der Waals surface area contributed by atoms with Crippen molar-refractivity contribution in [2.24, 2.45) is 0 Å². The highest BCUT2D eigenvalue weighted by Crippen LogP contribution is 2.15. The number of hydrogen-bond donors (Lipinski definition) is 1. The van der Waals surface area contributed by atoms with E-state index in [0.717, 1.165) is 12.4 Å². The van der Waals surface area contributed by atoms with Gasteiger partial charge in [0.25, 0.3) is 0 Å². The summed E-state index contributed by atoms with van der Waals surface area (Å²) in [5, 5.41) is 7.90. The minimum atomic E-state index is 0.404. The molecule has 3 heteroatoms. The van der Waals surface area contributed by atoms with Crippen LogP contribution in [0.4, 0.5) is 5.82 Å². The molecule has 0 saturated carbocycles. The molecule has 2 rings (SSSR count). The summed E-state index contributed by atoms with van der Waals surface area (Å²) >= 11 is 0. The van der Waals surface area contributed by atoms with E-state index in [1.54, 1.807) is 0 Å². The zero-order valence-corrected chi connectivity index (χ0v) is 10.6. The van der Waals surface area contributed by atoms with Gasteiger partial charge in [0.05, 0.1) is 0 Å². The van der Waals surface area contributed by atoms with Crippen molar-refractivity contribution in [2.75, 3.05) is 5.32 Å². The molecule has 17 heavy (non-hydrogen) atoms. The molecule has 0 saturated heterocycles. The summed E-state index contributed by atoms with van der Waals surface area (Å²) in [6, 6.07) is 10.8. The number of rotatable bonds is 4. The van der Waals surface area contributed by atoms with Gasteiger partial charge in [-0.05, 0) is 26.3 Å². The Bertz CT molecular complexity index is 471. The lowest BCUT2D eigenvalue weighted by Crippen LogP contribution is -2.04. The molecule has 0 aliphatic heterocycles. The number of anilines is 1. The maximum Gasteiger partial charge on any atom is 0.151 e. The third-order valence-electron chi connectivity index (χ3n) is 2.75. The van der Waals surface area contributed by atoms with Gasteiger partial charge in [-0.3, -0.25) is 4.68 Å². The molecular formula is C14H19N3. The smallest absolute Gasteiger partial charge is 0.151 e. The molecule has 0 aliphatic carbocycles. The molecule has 0 amide bonds. The van der Waals surface area contributed by atoms with Gasteiger partial charge in [0.2, 0.25) is 0 Å². The minimum Gasteiger partial charge on any atom is -0.364 e. The molecule has 90 valence electrons. The van der Waals surface area contributed by atoms with Crippen molar-refractivity contribution in [1.82, 2.24) is 9.78 Å². The van der Waals surface area contributed by atoms with Crippen LogP contribution in [-0.4, -0.2) is 9.78 Å². The van der Waals surface area contributed by atoms with Crippen LogP contribution in [0.2, 0.25) is 0 Å². The molecule has 3 nitrogen and oxygen atoms in total. The molecule has 2 aromatic rings. The number of aromatic nitrogens is 2. The largest absolute Gasteiger partial charge is 0.364 e.